The average Bonchev–Trinajstić information content (AvgIpc) is 2.58. The summed E-state index contributed by atoms with van der Waals surface area (Å²) in [6, 6.07) is 16.8. The molecule has 1 aromatic heterocycles. The predicted molar refractivity (Wildman–Crippen MR) is 91.7 cm³/mol. The summed E-state index contributed by atoms with van der Waals surface area (Å²) >= 11 is 3.46. The van der Waals surface area contributed by atoms with E-state index >= 15 is 0 Å². The monoisotopic (exact) mass is 366 g/mol. The van der Waals surface area contributed by atoms with E-state index in [1.54, 1.807) is 12.1 Å². The zero-order chi connectivity index (χ0) is 16.1. The van der Waals surface area contributed by atoms with Crippen molar-refractivity contribution in [2.75, 3.05) is 10.6 Å². The minimum atomic E-state index is 0.385. The Labute approximate surface area is 141 Å². The quantitative estimate of drug-likeness (QED) is 0.725. The first-order valence-corrected chi connectivity index (χ1v) is 7.52. The number of nitriles is 1. The summed E-state index contributed by atoms with van der Waals surface area (Å²) in [6.45, 7) is 0. The molecule has 0 aliphatic rings. The standard InChI is InChI=1S/C16H11BrN6/c17-13-3-1-2-4-14(13)21-16-22-15(10-19-23-16)20-12-7-5-11(9-18)6-8-12/h1-8,10H,(H2,20,21,22,23). The van der Waals surface area contributed by atoms with Crippen LogP contribution in [0, 0.1) is 11.3 Å². The zero-order valence-electron chi connectivity index (χ0n) is 11.9. The summed E-state index contributed by atoms with van der Waals surface area (Å²) in [7, 11) is 0. The Kier molecular flexibility index (Phi) is 4.45. The summed E-state index contributed by atoms with van der Waals surface area (Å²) in [5.41, 5.74) is 2.27. The third-order valence-electron chi connectivity index (χ3n) is 2.97. The van der Waals surface area contributed by atoms with Crippen LogP contribution in [0.5, 0.6) is 0 Å². The van der Waals surface area contributed by atoms with Gasteiger partial charge >= 0.3 is 0 Å². The molecular weight excluding hydrogens is 356 g/mol. The van der Waals surface area contributed by atoms with Gasteiger partial charge in [-0.25, -0.2) is 0 Å². The van der Waals surface area contributed by atoms with Gasteiger partial charge in [-0.1, -0.05) is 12.1 Å². The molecule has 112 valence electrons. The van der Waals surface area contributed by atoms with Crippen molar-refractivity contribution in [1.29, 1.82) is 5.26 Å². The highest BCUT2D eigenvalue weighted by Crippen LogP contribution is 2.24. The van der Waals surface area contributed by atoms with Crippen LogP contribution in [-0.4, -0.2) is 15.2 Å². The van der Waals surface area contributed by atoms with Gasteiger partial charge in [0.1, 0.15) is 0 Å². The van der Waals surface area contributed by atoms with Gasteiger partial charge in [0.2, 0.25) is 5.95 Å². The van der Waals surface area contributed by atoms with Crippen LogP contribution < -0.4 is 10.6 Å². The molecule has 0 saturated carbocycles. The van der Waals surface area contributed by atoms with Crippen molar-refractivity contribution in [2.45, 2.75) is 0 Å². The molecule has 1 heterocycles. The maximum Gasteiger partial charge on any atom is 0.249 e. The number of hydrogen-bond donors (Lipinski definition) is 2. The summed E-state index contributed by atoms with van der Waals surface area (Å²) in [5.74, 6) is 0.940. The second-order valence-electron chi connectivity index (χ2n) is 4.58. The van der Waals surface area contributed by atoms with E-state index in [1.165, 1.54) is 6.20 Å². The van der Waals surface area contributed by atoms with Crippen LogP contribution in [0.15, 0.2) is 59.2 Å². The first-order valence-electron chi connectivity index (χ1n) is 6.73. The lowest BCUT2D eigenvalue weighted by atomic mass is 10.2. The van der Waals surface area contributed by atoms with Crippen LogP contribution >= 0.6 is 15.9 Å². The first-order chi connectivity index (χ1) is 11.2. The van der Waals surface area contributed by atoms with Crippen LogP contribution in [0.3, 0.4) is 0 Å². The fourth-order valence-electron chi connectivity index (χ4n) is 1.88. The van der Waals surface area contributed by atoms with Crippen LogP contribution in [-0.2, 0) is 0 Å². The normalized spacial score (nSPS) is 9.91. The van der Waals surface area contributed by atoms with E-state index in [0.29, 0.717) is 17.3 Å². The summed E-state index contributed by atoms with van der Waals surface area (Å²) < 4.78 is 0.911. The van der Waals surface area contributed by atoms with Gasteiger partial charge in [0.15, 0.2) is 5.82 Å². The maximum atomic E-state index is 8.80. The number of benzene rings is 2. The number of anilines is 4. The number of aromatic nitrogens is 3. The van der Waals surface area contributed by atoms with Crippen molar-refractivity contribution >= 4 is 39.1 Å². The van der Waals surface area contributed by atoms with E-state index < -0.39 is 0 Å². The van der Waals surface area contributed by atoms with E-state index in [1.807, 2.05) is 36.4 Å². The first kappa shape index (κ1) is 14.9. The molecule has 0 saturated heterocycles. The molecule has 3 aromatic rings. The third-order valence-corrected chi connectivity index (χ3v) is 3.66. The number of hydrogen-bond acceptors (Lipinski definition) is 6. The summed E-state index contributed by atoms with van der Waals surface area (Å²) in [5, 5.41) is 22.9. The molecule has 6 nitrogen and oxygen atoms in total. The van der Waals surface area contributed by atoms with Crippen molar-refractivity contribution in [2.24, 2.45) is 0 Å². The second-order valence-corrected chi connectivity index (χ2v) is 5.44. The molecular formula is C16H11BrN6. The Bertz CT molecular complexity index is 857. The van der Waals surface area contributed by atoms with Crippen molar-refractivity contribution in [3.8, 4) is 6.07 Å². The summed E-state index contributed by atoms with van der Waals surface area (Å²) in [4.78, 5) is 4.37. The Morgan fingerprint density at radius 2 is 1.78 bits per heavy atom. The van der Waals surface area contributed by atoms with Crippen LogP contribution in [0.2, 0.25) is 0 Å². The fourth-order valence-corrected chi connectivity index (χ4v) is 2.26. The molecule has 2 aromatic carbocycles. The highest BCUT2D eigenvalue weighted by Gasteiger charge is 2.04. The highest BCUT2D eigenvalue weighted by molar-refractivity contribution is 9.10. The maximum absolute atomic E-state index is 8.80. The van der Waals surface area contributed by atoms with E-state index in [2.05, 4.69) is 47.8 Å². The number of para-hydroxylation sites is 1. The van der Waals surface area contributed by atoms with Crippen LogP contribution in [0.4, 0.5) is 23.1 Å². The molecule has 0 unspecified atom stereocenters. The molecule has 0 amide bonds. The van der Waals surface area contributed by atoms with Crippen LogP contribution in [0.1, 0.15) is 5.56 Å². The lowest BCUT2D eigenvalue weighted by Crippen LogP contribution is -2.02. The minimum absolute atomic E-state index is 0.385. The van der Waals surface area contributed by atoms with E-state index in [9.17, 15) is 0 Å². The van der Waals surface area contributed by atoms with Gasteiger partial charge in [-0.05, 0) is 52.3 Å². The SMILES string of the molecule is N#Cc1ccc(Nc2cnnc(Nc3ccccc3Br)n2)cc1. The third kappa shape index (κ3) is 3.81. The second kappa shape index (κ2) is 6.85. The Hall–Kier alpha value is -2.98. The molecule has 0 aliphatic heterocycles. The fraction of sp³-hybridized carbons (Fsp3) is 0. The van der Waals surface area contributed by atoms with Gasteiger partial charge in [-0.2, -0.15) is 15.3 Å². The number of rotatable bonds is 4. The van der Waals surface area contributed by atoms with Crippen molar-refractivity contribution < 1.29 is 0 Å². The Morgan fingerprint density at radius 1 is 1.00 bits per heavy atom. The average molecular weight is 367 g/mol. The van der Waals surface area contributed by atoms with Gasteiger partial charge in [0.05, 0.1) is 23.5 Å². The van der Waals surface area contributed by atoms with Gasteiger partial charge < -0.3 is 10.6 Å². The van der Waals surface area contributed by atoms with E-state index in [0.717, 1.165) is 15.8 Å². The molecule has 0 aliphatic carbocycles. The lowest BCUT2D eigenvalue weighted by molar-refractivity contribution is 0.982. The van der Waals surface area contributed by atoms with Gasteiger partial charge in [0.25, 0.3) is 0 Å². The molecule has 0 fully saturated rings. The largest absolute Gasteiger partial charge is 0.339 e. The molecule has 2 N–H and O–H groups in total. The molecule has 0 spiro atoms. The zero-order valence-corrected chi connectivity index (χ0v) is 13.4. The van der Waals surface area contributed by atoms with Gasteiger partial charge in [0, 0.05) is 10.2 Å². The molecule has 0 atom stereocenters. The Morgan fingerprint density at radius 3 is 2.52 bits per heavy atom. The number of halogens is 1. The minimum Gasteiger partial charge on any atom is -0.339 e. The highest BCUT2D eigenvalue weighted by atomic mass is 79.9. The van der Waals surface area contributed by atoms with Crippen molar-refractivity contribution in [1.82, 2.24) is 15.2 Å². The number of nitrogens with zero attached hydrogens (tertiary/aromatic N) is 4. The van der Waals surface area contributed by atoms with Gasteiger partial charge in [-0.15, -0.1) is 5.10 Å². The smallest absolute Gasteiger partial charge is 0.249 e. The summed E-state index contributed by atoms with van der Waals surface area (Å²) in [6.07, 6.45) is 1.53. The van der Waals surface area contributed by atoms with Gasteiger partial charge in [-0.3, -0.25) is 0 Å². The predicted octanol–water partition coefficient (Wildman–Crippen LogP) is 3.99. The lowest BCUT2D eigenvalue weighted by Gasteiger charge is -2.08. The molecule has 3 rings (SSSR count). The molecule has 0 bridgehead atoms. The number of nitrogens with one attached hydrogen (secondary N) is 2. The molecule has 7 heteroatoms. The molecule has 0 radical (unpaired) electrons. The van der Waals surface area contributed by atoms with Crippen LogP contribution in [0.25, 0.3) is 0 Å². The Balaban J connectivity index is 1.77. The van der Waals surface area contributed by atoms with E-state index in [4.69, 9.17) is 5.26 Å². The molecule has 23 heavy (non-hydrogen) atoms. The van der Waals surface area contributed by atoms with Crippen molar-refractivity contribution in [3.05, 3.63) is 64.8 Å². The van der Waals surface area contributed by atoms with Crippen molar-refractivity contribution in [3.63, 3.8) is 0 Å². The topological polar surface area (TPSA) is 86.5 Å². The van der Waals surface area contributed by atoms with E-state index in [-0.39, 0.29) is 0 Å².